The predicted molar refractivity (Wildman–Crippen MR) is 78.5 cm³/mol. The Labute approximate surface area is 120 Å². The number of thioether (sulfide) groups is 1. The van der Waals surface area contributed by atoms with E-state index in [0.717, 1.165) is 34.0 Å². The van der Waals surface area contributed by atoms with Crippen LogP contribution in [0.1, 0.15) is 10.6 Å². The van der Waals surface area contributed by atoms with Crippen molar-refractivity contribution in [2.24, 2.45) is 0 Å². The highest BCUT2D eigenvalue weighted by molar-refractivity contribution is 7.99. The highest BCUT2D eigenvalue weighted by Gasteiger charge is 1.99. The quantitative estimate of drug-likeness (QED) is 0.504. The Morgan fingerprint density at radius 1 is 1.39 bits per heavy atom. The summed E-state index contributed by atoms with van der Waals surface area (Å²) in [6.45, 7) is 3.77. The standard InChI is InChI=1S/C12H14ClN3S2/c1-9-4-5-15-12(16-9)17-7-6-14-8-10-2-3-11(13)18-10/h2-5,14H,6-8H2,1H3. The molecule has 2 rings (SSSR count). The maximum absolute atomic E-state index is 5.87. The molecule has 0 saturated heterocycles. The van der Waals surface area contributed by atoms with Crippen molar-refractivity contribution in [2.75, 3.05) is 12.3 Å². The SMILES string of the molecule is Cc1ccnc(SCCNCc2ccc(Cl)s2)n1. The summed E-state index contributed by atoms with van der Waals surface area (Å²) in [6.07, 6.45) is 1.80. The van der Waals surface area contributed by atoms with Gasteiger partial charge < -0.3 is 5.32 Å². The molecule has 0 fully saturated rings. The topological polar surface area (TPSA) is 37.8 Å². The van der Waals surface area contributed by atoms with Gasteiger partial charge in [-0.15, -0.1) is 11.3 Å². The third-order valence-electron chi connectivity index (χ3n) is 2.21. The molecule has 96 valence electrons. The van der Waals surface area contributed by atoms with Crippen molar-refractivity contribution in [3.05, 3.63) is 39.3 Å². The molecule has 0 saturated carbocycles. The Kier molecular flexibility index (Phi) is 5.44. The van der Waals surface area contributed by atoms with Crippen molar-refractivity contribution in [2.45, 2.75) is 18.6 Å². The van der Waals surface area contributed by atoms with E-state index in [9.17, 15) is 0 Å². The second-order valence-corrected chi connectivity index (χ2v) is 6.57. The average Bonchev–Trinajstić information content (AvgIpc) is 2.75. The van der Waals surface area contributed by atoms with Gasteiger partial charge in [0.15, 0.2) is 5.16 Å². The number of rotatable bonds is 6. The summed E-state index contributed by atoms with van der Waals surface area (Å²) in [5.74, 6) is 0.961. The van der Waals surface area contributed by atoms with E-state index in [-0.39, 0.29) is 0 Å². The minimum Gasteiger partial charge on any atom is -0.311 e. The van der Waals surface area contributed by atoms with Gasteiger partial charge in [-0.25, -0.2) is 9.97 Å². The van der Waals surface area contributed by atoms with E-state index >= 15 is 0 Å². The van der Waals surface area contributed by atoms with Crippen LogP contribution in [-0.4, -0.2) is 22.3 Å². The van der Waals surface area contributed by atoms with E-state index in [1.165, 1.54) is 4.88 Å². The predicted octanol–water partition coefficient (Wildman–Crippen LogP) is 3.38. The van der Waals surface area contributed by atoms with Gasteiger partial charge in [0, 0.05) is 35.6 Å². The zero-order chi connectivity index (χ0) is 12.8. The third kappa shape index (κ3) is 4.57. The highest BCUT2D eigenvalue weighted by atomic mass is 35.5. The summed E-state index contributed by atoms with van der Waals surface area (Å²) >= 11 is 9.15. The van der Waals surface area contributed by atoms with Crippen LogP contribution in [0.15, 0.2) is 29.6 Å². The molecular weight excluding hydrogens is 286 g/mol. The summed E-state index contributed by atoms with van der Waals surface area (Å²) in [6, 6.07) is 5.89. The van der Waals surface area contributed by atoms with Gasteiger partial charge in [0.05, 0.1) is 4.34 Å². The molecule has 0 aliphatic rings. The van der Waals surface area contributed by atoms with Gasteiger partial charge >= 0.3 is 0 Å². The molecule has 6 heteroatoms. The van der Waals surface area contributed by atoms with Gasteiger partial charge in [-0.05, 0) is 25.1 Å². The number of aromatic nitrogens is 2. The van der Waals surface area contributed by atoms with Gasteiger partial charge in [0.2, 0.25) is 0 Å². The monoisotopic (exact) mass is 299 g/mol. The van der Waals surface area contributed by atoms with Crippen LogP contribution in [0.4, 0.5) is 0 Å². The van der Waals surface area contributed by atoms with Crippen LogP contribution in [0.2, 0.25) is 4.34 Å². The number of nitrogens with one attached hydrogen (secondary N) is 1. The van der Waals surface area contributed by atoms with E-state index < -0.39 is 0 Å². The van der Waals surface area contributed by atoms with E-state index in [1.54, 1.807) is 29.3 Å². The molecule has 0 atom stereocenters. The molecule has 0 aliphatic heterocycles. The van der Waals surface area contributed by atoms with E-state index in [1.807, 2.05) is 19.1 Å². The highest BCUT2D eigenvalue weighted by Crippen LogP contribution is 2.21. The van der Waals surface area contributed by atoms with Crippen molar-refractivity contribution < 1.29 is 0 Å². The Morgan fingerprint density at radius 3 is 3.00 bits per heavy atom. The lowest BCUT2D eigenvalue weighted by Gasteiger charge is -2.02. The summed E-state index contributed by atoms with van der Waals surface area (Å²) < 4.78 is 0.842. The lowest BCUT2D eigenvalue weighted by molar-refractivity contribution is 0.740. The lowest BCUT2D eigenvalue weighted by Crippen LogP contribution is -2.15. The van der Waals surface area contributed by atoms with E-state index in [0.29, 0.717) is 0 Å². The number of nitrogens with zero attached hydrogens (tertiary/aromatic N) is 2. The van der Waals surface area contributed by atoms with Crippen LogP contribution in [0.5, 0.6) is 0 Å². The molecule has 2 aromatic rings. The first-order chi connectivity index (χ1) is 8.74. The molecule has 0 spiro atoms. The smallest absolute Gasteiger partial charge is 0.187 e. The first-order valence-corrected chi connectivity index (χ1v) is 7.79. The Hall–Kier alpha value is -0.620. The Balaban J connectivity index is 1.64. The van der Waals surface area contributed by atoms with Gasteiger partial charge in [0.25, 0.3) is 0 Å². The number of aryl methyl sites for hydroxylation is 1. The average molecular weight is 300 g/mol. The van der Waals surface area contributed by atoms with E-state index in [4.69, 9.17) is 11.6 Å². The van der Waals surface area contributed by atoms with Crippen molar-refractivity contribution in [1.82, 2.24) is 15.3 Å². The molecule has 0 radical (unpaired) electrons. The molecule has 2 aromatic heterocycles. The number of halogens is 1. The third-order valence-corrected chi connectivity index (χ3v) is 4.31. The zero-order valence-electron chi connectivity index (χ0n) is 10.0. The fraction of sp³-hybridized carbons (Fsp3) is 0.333. The molecule has 2 heterocycles. The largest absolute Gasteiger partial charge is 0.311 e. The summed E-state index contributed by atoms with van der Waals surface area (Å²) in [4.78, 5) is 9.81. The molecule has 0 bridgehead atoms. The second kappa shape index (κ2) is 7.09. The maximum atomic E-state index is 5.87. The molecule has 0 aliphatic carbocycles. The van der Waals surface area contributed by atoms with Crippen molar-refractivity contribution in [3.8, 4) is 0 Å². The second-order valence-electron chi connectivity index (χ2n) is 3.71. The fourth-order valence-electron chi connectivity index (χ4n) is 1.37. The Bertz CT molecular complexity index is 502. The molecule has 1 N–H and O–H groups in total. The zero-order valence-corrected chi connectivity index (χ0v) is 12.4. The summed E-state index contributed by atoms with van der Waals surface area (Å²) in [5.41, 5.74) is 1.01. The van der Waals surface area contributed by atoms with Crippen LogP contribution >= 0.6 is 34.7 Å². The van der Waals surface area contributed by atoms with E-state index in [2.05, 4.69) is 21.4 Å². The maximum Gasteiger partial charge on any atom is 0.187 e. The minimum absolute atomic E-state index is 0.842. The van der Waals surface area contributed by atoms with Gasteiger partial charge in [-0.2, -0.15) is 0 Å². The van der Waals surface area contributed by atoms with Crippen LogP contribution in [0, 0.1) is 6.92 Å². The van der Waals surface area contributed by atoms with Crippen LogP contribution < -0.4 is 5.32 Å². The fourth-order valence-corrected chi connectivity index (χ4v) is 3.20. The lowest BCUT2D eigenvalue weighted by atomic mass is 10.4. The number of thiophene rings is 1. The molecule has 3 nitrogen and oxygen atoms in total. The number of hydrogen-bond donors (Lipinski definition) is 1. The normalized spacial score (nSPS) is 10.8. The van der Waals surface area contributed by atoms with Gasteiger partial charge in [-0.3, -0.25) is 0 Å². The molecule has 18 heavy (non-hydrogen) atoms. The molecule has 0 amide bonds. The van der Waals surface area contributed by atoms with Gasteiger partial charge in [-0.1, -0.05) is 23.4 Å². The van der Waals surface area contributed by atoms with Gasteiger partial charge in [0.1, 0.15) is 0 Å². The molecular formula is C12H14ClN3S2. The van der Waals surface area contributed by atoms with Crippen molar-refractivity contribution >= 4 is 34.7 Å². The van der Waals surface area contributed by atoms with Crippen molar-refractivity contribution in [3.63, 3.8) is 0 Å². The van der Waals surface area contributed by atoms with Crippen LogP contribution in [0.25, 0.3) is 0 Å². The van der Waals surface area contributed by atoms with Crippen molar-refractivity contribution in [1.29, 1.82) is 0 Å². The summed E-state index contributed by atoms with van der Waals surface area (Å²) in [5, 5.41) is 4.22. The first-order valence-electron chi connectivity index (χ1n) is 5.61. The number of hydrogen-bond acceptors (Lipinski definition) is 5. The van der Waals surface area contributed by atoms with Crippen LogP contribution in [0.3, 0.4) is 0 Å². The van der Waals surface area contributed by atoms with Crippen LogP contribution in [-0.2, 0) is 6.54 Å². The Morgan fingerprint density at radius 2 is 2.28 bits per heavy atom. The molecule has 0 aromatic carbocycles. The summed E-state index contributed by atoms with van der Waals surface area (Å²) in [7, 11) is 0. The minimum atomic E-state index is 0.842. The first kappa shape index (κ1) is 13.8. The molecule has 0 unspecified atom stereocenters.